The summed E-state index contributed by atoms with van der Waals surface area (Å²) < 4.78 is 35.0. The Labute approximate surface area is 253 Å². The van der Waals surface area contributed by atoms with E-state index in [1.165, 1.54) is 17.0 Å². The summed E-state index contributed by atoms with van der Waals surface area (Å²) >= 11 is 16.1. The molecular weight excluding hydrogens is 641 g/mol. The first-order valence-corrected chi connectivity index (χ1v) is 15.5. The number of hydrogen-bond acceptors (Lipinski definition) is 5. The molecule has 0 aliphatic rings. The maximum absolute atomic E-state index is 13.9. The Morgan fingerprint density at radius 3 is 2.12 bits per heavy atom. The molecular formula is C28H30BrCl2N3O5S. The molecule has 0 aliphatic heterocycles. The van der Waals surface area contributed by atoms with E-state index in [1.807, 2.05) is 6.92 Å². The summed E-state index contributed by atoms with van der Waals surface area (Å²) in [5.41, 5.74) is 0.694. The van der Waals surface area contributed by atoms with Gasteiger partial charge < -0.3 is 15.0 Å². The Kier molecular flexibility index (Phi) is 11.3. The molecule has 1 N–H and O–H groups in total. The number of nitrogens with zero attached hydrogens (tertiary/aromatic N) is 2. The Morgan fingerprint density at radius 1 is 0.975 bits per heavy atom. The lowest BCUT2D eigenvalue weighted by molar-refractivity contribution is -0.139. The Morgan fingerprint density at radius 2 is 1.57 bits per heavy atom. The van der Waals surface area contributed by atoms with E-state index in [2.05, 4.69) is 21.2 Å². The lowest BCUT2D eigenvalue weighted by atomic mass is 10.1. The van der Waals surface area contributed by atoms with Gasteiger partial charge >= 0.3 is 0 Å². The molecule has 0 radical (unpaired) electrons. The zero-order valence-electron chi connectivity index (χ0n) is 22.2. The van der Waals surface area contributed by atoms with Crippen LogP contribution in [0.3, 0.4) is 0 Å². The smallest absolute Gasteiger partial charge is 0.264 e. The summed E-state index contributed by atoms with van der Waals surface area (Å²) in [6.07, 6.45) is 0. The highest BCUT2D eigenvalue weighted by Gasteiger charge is 2.33. The Bertz CT molecular complexity index is 1420. The third-order valence-electron chi connectivity index (χ3n) is 6.02. The summed E-state index contributed by atoms with van der Waals surface area (Å²) in [4.78, 5) is 28.0. The lowest BCUT2D eigenvalue weighted by Gasteiger charge is -2.32. The van der Waals surface area contributed by atoms with Crippen molar-refractivity contribution in [2.75, 3.05) is 24.0 Å². The first-order chi connectivity index (χ1) is 19.0. The first kappa shape index (κ1) is 31.7. The van der Waals surface area contributed by atoms with Crippen LogP contribution in [0.4, 0.5) is 5.69 Å². The molecule has 2 amide bonds. The molecule has 0 spiro atoms. The van der Waals surface area contributed by atoms with Gasteiger partial charge in [0, 0.05) is 33.2 Å². The van der Waals surface area contributed by atoms with E-state index in [1.54, 1.807) is 68.4 Å². The number of carbonyl (C=O) groups excluding carboxylic acids is 2. The van der Waals surface area contributed by atoms with Crippen molar-refractivity contribution in [3.8, 4) is 5.75 Å². The summed E-state index contributed by atoms with van der Waals surface area (Å²) in [7, 11) is -4.20. The van der Waals surface area contributed by atoms with Gasteiger partial charge in [0.2, 0.25) is 11.8 Å². The summed E-state index contributed by atoms with van der Waals surface area (Å²) in [6.45, 7) is 5.28. The quantitative estimate of drug-likeness (QED) is 0.259. The average Bonchev–Trinajstić information content (AvgIpc) is 2.92. The van der Waals surface area contributed by atoms with Crippen molar-refractivity contribution < 1.29 is 22.7 Å². The zero-order chi connectivity index (χ0) is 29.4. The van der Waals surface area contributed by atoms with E-state index in [-0.39, 0.29) is 17.1 Å². The minimum Gasteiger partial charge on any atom is -0.494 e. The fourth-order valence-electron chi connectivity index (χ4n) is 3.90. The van der Waals surface area contributed by atoms with Crippen LogP contribution in [0.25, 0.3) is 0 Å². The largest absolute Gasteiger partial charge is 0.494 e. The highest BCUT2D eigenvalue weighted by Crippen LogP contribution is 2.29. The normalized spacial score (nSPS) is 11.9. The van der Waals surface area contributed by atoms with Crippen LogP contribution in [0.5, 0.6) is 5.75 Å². The van der Waals surface area contributed by atoms with E-state index < -0.39 is 34.4 Å². The number of hydrogen-bond donors (Lipinski definition) is 1. The van der Waals surface area contributed by atoms with E-state index in [0.29, 0.717) is 39.0 Å². The zero-order valence-corrected chi connectivity index (χ0v) is 26.1. The molecule has 214 valence electrons. The number of likely N-dealkylation sites (N-methyl/N-ethyl adjacent to an activating group) is 1. The molecule has 0 saturated heterocycles. The first-order valence-electron chi connectivity index (χ1n) is 12.5. The number of carbonyl (C=O) groups is 2. The number of benzene rings is 3. The van der Waals surface area contributed by atoms with Crippen molar-refractivity contribution in [2.24, 2.45) is 0 Å². The minimum absolute atomic E-state index is 0.00476. The van der Waals surface area contributed by atoms with Gasteiger partial charge in [-0.05, 0) is 81.4 Å². The molecule has 1 atom stereocenters. The predicted molar refractivity (Wildman–Crippen MR) is 161 cm³/mol. The highest BCUT2D eigenvalue weighted by molar-refractivity contribution is 9.10. The van der Waals surface area contributed by atoms with Crippen molar-refractivity contribution in [1.29, 1.82) is 0 Å². The number of halogens is 3. The van der Waals surface area contributed by atoms with Crippen LogP contribution in [0, 0.1) is 0 Å². The van der Waals surface area contributed by atoms with E-state index in [4.69, 9.17) is 27.9 Å². The van der Waals surface area contributed by atoms with Crippen molar-refractivity contribution in [3.63, 3.8) is 0 Å². The molecule has 3 aromatic rings. The van der Waals surface area contributed by atoms with Crippen molar-refractivity contribution in [2.45, 2.75) is 38.3 Å². The molecule has 3 aromatic carbocycles. The van der Waals surface area contributed by atoms with Crippen LogP contribution in [0.15, 0.2) is 76.1 Å². The molecule has 0 saturated carbocycles. The molecule has 0 bridgehead atoms. The number of amides is 2. The van der Waals surface area contributed by atoms with Crippen LogP contribution in [-0.4, -0.2) is 50.9 Å². The van der Waals surface area contributed by atoms with Gasteiger partial charge in [0.05, 0.1) is 17.2 Å². The van der Waals surface area contributed by atoms with Crippen LogP contribution < -0.4 is 14.4 Å². The second-order valence-corrected chi connectivity index (χ2v) is 12.3. The third kappa shape index (κ3) is 7.69. The van der Waals surface area contributed by atoms with Gasteiger partial charge in [-0.2, -0.15) is 0 Å². The average molecular weight is 671 g/mol. The number of rotatable bonds is 12. The summed E-state index contributed by atoms with van der Waals surface area (Å²) in [6, 6.07) is 16.5. The number of ether oxygens (including phenoxy) is 1. The molecule has 12 heteroatoms. The fourth-order valence-corrected chi connectivity index (χ4v) is 6.09. The second-order valence-electron chi connectivity index (χ2n) is 8.68. The van der Waals surface area contributed by atoms with Crippen molar-refractivity contribution >= 4 is 66.7 Å². The number of nitrogens with one attached hydrogen (secondary N) is 1. The molecule has 40 heavy (non-hydrogen) atoms. The lowest BCUT2D eigenvalue weighted by Crippen LogP contribution is -2.51. The number of anilines is 1. The number of sulfonamides is 1. The molecule has 3 rings (SSSR count). The summed E-state index contributed by atoms with van der Waals surface area (Å²) in [5.74, 6) is -0.467. The maximum Gasteiger partial charge on any atom is 0.264 e. The fraction of sp³-hybridized carbons (Fsp3) is 0.286. The van der Waals surface area contributed by atoms with Crippen molar-refractivity contribution in [1.82, 2.24) is 10.2 Å². The van der Waals surface area contributed by atoms with Gasteiger partial charge in [-0.3, -0.25) is 13.9 Å². The maximum atomic E-state index is 13.9. The van der Waals surface area contributed by atoms with Crippen LogP contribution in [0.1, 0.15) is 26.3 Å². The monoisotopic (exact) mass is 669 g/mol. The van der Waals surface area contributed by atoms with Gasteiger partial charge in [0.15, 0.2) is 0 Å². The van der Waals surface area contributed by atoms with Gasteiger partial charge in [-0.1, -0.05) is 45.2 Å². The molecule has 8 nitrogen and oxygen atoms in total. The molecule has 0 fully saturated rings. The van der Waals surface area contributed by atoms with Gasteiger partial charge in [0.1, 0.15) is 18.3 Å². The SMILES string of the molecule is CCNC(=O)[C@H](C)N(Cc1c(Cl)cccc1Cl)C(=O)CN(c1ccc(OCC)cc1)S(=O)(=O)c1ccc(Br)cc1. The van der Waals surface area contributed by atoms with E-state index >= 15 is 0 Å². The van der Waals surface area contributed by atoms with Crippen LogP contribution in [0.2, 0.25) is 10.0 Å². The predicted octanol–water partition coefficient (Wildman–Crippen LogP) is 5.90. The van der Waals surface area contributed by atoms with Gasteiger partial charge in [-0.15, -0.1) is 0 Å². The van der Waals surface area contributed by atoms with Crippen molar-refractivity contribution in [3.05, 3.63) is 86.8 Å². The standard InChI is InChI=1S/C28H30BrCl2N3O5S/c1-4-32-28(36)19(3)33(17-24-25(30)7-6-8-26(24)31)27(35)18-34(21-11-13-22(14-12-21)39-5-2)40(37,38)23-15-9-20(29)10-16-23/h6-16,19H,4-5,17-18H2,1-3H3,(H,32,36)/t19-/m0/s1. The van der Waals surface area contributed by atoms with E-state index in [9.17, 15) is 18.0 Å². The second kappa shape index (κ2) is 14.2. The minimum atomic E-state index is -4.20. The van der Waals surface area contributed by atoms with Gasteiger partial charge in [-0.25, -0.2) is 8.42 Å². The molecule has 0 heterocycles. The van der Waals surface area contributed by atoms with Crippen LogP contribution in [-0.2, 0) is 26.2 Å². The molecule has 0 aliphatic carbocycles. The van der Waals surface area contributed by atoms with Gasteiger partial charge in [0.25, 0.3) is 10.0 Å². The Balaban J connectivity index is 2.06. The highest BCUT2D eigenvalue weighted by atomic mass is 79.9. The topological polar surface area (TPSA) is 96.0 Å². The van der Waals surface area contributed by atoms with E-state index in [0.717, 1.165) is 4.31 Å². The third-order valence-corrected chi connectivity index (χ3v) is 9.05. The summed E-state index contributed by atoms with van der Waals surface area (Å²) in [5, 5.41) is 3.35. The van der Waals surface area contributed by atoms with Crippen LogP contribution >= 0.6 is 39.1 Å². The molecule has 0 unspecified atom stereocenters. The molecule has 0 aromatic heterocycles. The Hall–Kier alpha value is -2.79.